The number of benzene rings is 1. The normalized spacial score (nSPS) is 10.7. The fraction of sp³-hybridized carbons (Fsp3) is 0.333. The van der Waals surface area contributed by atoms with Crippen LogP contribution >= 0.6 is 0 Å². The summed E-state index contributed by atoms with van der Waals surface area (Å²) in [4.78, 5) is 24.3. The highest BCUT2D eigenvalue weighted by molar-refractivity contribution is 5.27. The first-order valence-electron chi connectivity index (χ1n) is 6.77. The number of nitrogen functional groups attached to an aromatic ring is 1. The molecule has 2 rings (SSSR count). The van der Waals surface area contributed by atoms with E-state index in [2.05, 4.69) is 0 Å². The molecule has 20 heavy (non-hydrogen) atoms. The first kappa shape index (κ1) is 14.1. The highest BCUT2D eigenvalue weighted by atomic mass is 16.2. The highest BCUT2D eigenvalue weighted by Gasteiger charge is 2.09. The number of nitrogens with zero attached hydrogens (tertiary/aromatic N) is 2. The number of unbranched alkanes of at least 4 members (excludes halogenated alkanes) is 1. The smallest absolute Gasteiger partial charge is 0.332 e. The van der Waals surface area contributed by atoms with E-state index in [0.717, 1.165) is 18.4 Å². The van der Waals surface area contributed by atoms with Crippen LogP contribution in [0.5, 0.6) is 0 Å². The molecule has 0 unspecified atom stereocenters. The molecule has 0 amide bonds. The fourth-order valence-corrected chi connectivity index (χ4v) is 2.09. The van der Waals surface area contributed by atoms with Crippen molar-refractivity contribution in [1.29, 1.82) is 0 Å². The van der Waals surface area contributed by atoms with Gasteiger partial charge in [-0.05, 0) is 12.0 Å². The summed E-state index contributed by atoms with van der Waals surface area (Å²) in [5.74, 6) is 0.234. The van der Waals surface area contributed by atoms with Crippen molar-refractivity contribution in [2.24, 2.45) is 0 Å². The fourth-order valence-electron chi connectivity index (χ4n) is 2.09. The summed E-state index contributed by atoms with van der Waals surface area (Å²) >= 11 is 0. The van der Waals surface area contributed by atoms with Crippen molar-refractivity contribution < 1.29 is 0 Å². The second-order valence-electron chi connectivity index (χ2n) is 4.77. The van der Waals surface area contributed by atoms with Gasteiger partial charge in [-0.2, -0.15) is 0 Å². The average molecular weight is 273 g/mol. The monoisotopic (exact) mass is 273 g/mol. The molecule has 0 saturated heterocycles. The lowest BCUT2D eigenvalue weighted by atomic mass is 10.2. The molecule has 0 atom stereocenters. The van der Waals surface area contributed by atoms with Crippen molar-refractivity contribution in [3.63, 3.8) is 0 Å². The summed E-state index contributed by atoms with van der Waals surface area (Å²) < 4.78 is 2.69. The molecule has 0 aliphatic heterocycles. The summed E-state index contributed by atoms with van der Waals surface area (Å²) in [6.45, 7) is 2.85. The van der Waals surface area contributed by atoms with Gasteiger partial charge in [0.1, 0.15) is 5.82 Å². The summed E-state index contributed by atoms with van der Waals surface area (Å²) in [5.41, 5.74) is 5.99. The van der Waals surface area contributed by atoms with Crippen molar-refractivity contribution in [2.45, 2.75) is 32.9 Å². The maximum absolute atomic E-state index is 12.4. The molecule has 0 radical (unpaired) electrons. The molecule has 1 heterocycles. The van der Waals surface area contributed by atoms with Crippen LogP contribution in [0, 0.1) is 0 Å². The molecular weight excluding hydrogens is 254 g/mol. The largest absolute Gasteiger partial charge is 0.385 e. The van der Waals surface area contributed by atoms with E-state index in [1.807, 2.05) is 37.3 Å². The molecule has 5 heteroatoms. The van der Waals surface area contributed by atoms with E-state index in [0.29, 0.717) is 6.54 Å². The molecule has 0 saturated carbocycles. The van der Waals surface area contributed by atoms with E-state index in [4.69, 9.17) is 5.73 Å². The van der Waals surface area contributed by atoms with Crippen molar-refractivity contribution in [3.8, 4) is 0 Å². The Kier molecular flexibility index (Phi) is 4.40. The SMILES string of the molecule is CCCCn1c(N)cc(=O)n(Cc2ccccc2)c1=O. The van der Waals surface area contributed by atoms with E-state index >= 15 is 0 Å². The van der Waals surface area contributed by atoms with Crippen molar-refractivity contribution >= 4 is 5.82 Å². The van der Waals surface area contributed by atoms with Gasteiger partial charge in [0.2, 0.25) is 0 Å². The van der Waals surface area contributed by atoms with Crippen LogP contribution in [-0.4, -0.2) is 9.13 Å². The summed E-state index contributed by atoms with van der Waals surface area (Å²) in [6, 6.07) is 10.8. The summed E-state index contributed by atoms with van der Waals surface area (Å²) in [6.07, 6.45) is 1.82. The highest BCUT2D eigenvalue weighted by Crippen LogP contribution is 2.01. The molecule has 0 spiro atoms. The van der Waals surface area contributed by atoms with Gasteiger partial charge in [0.25, 0.3) is 5.56 Å². The minimum absolute atomic E-state index is 0.234. The number of nitrogens with two attached hydrogens (primary N) is 1. The molecule has 5 nitrogen and oxygen atoms in total. The van der Waals surface area contributed by atoms with Gasteiger partial charge >= 0.3 is 5.69 Å². The molecule has 0 aliphatic carbocycles. The van der Waals surface area contributed by atoms with Crippen LogP contribution < -0.4 is 17.0 Å². The second kappa shape index (κ2) is 6.23. The molecule has 2 aromatic rings. The Labute approximate surface area is 117 Å². The number of anilines is 1. The molecule has 106 valence electrons. The topological polar surface area (TPSA) is 70.0 Å². The van der Waals surface area contributed by atoms with E-state index in [1.54, 1.807) is 0 Å². The Morgan fingerprint density at radius 3 is 2.45 bits per heavy atom. The Morgan fingerprint density at radius 2 is 1.80 bits per heavy atom. The number of hydrogen-bond acceptors (Lipinski definition) is 3. The van der Waals surface area contributed by atoms with Gasteiger partial charge in [0, 0.05) is 12.6 Å². The van der Waals surface area contributed by atoms with Gasteiger partial charge in [0.15, 0.2) is 0 Å². The van der Waals surface area contributed by atoms with Crippen LogP contribution in [0.15, 0.2) is 46.0 Å². The zero-order valence-electron chi connectivity index (χ0n) is 11.6. The van der Waals surface area contributed by atoms with Gasteiger partial charge in [-0.25, -0.2) is 4.79 Å². The van der Waals surface area contributed by atoms with Crippen LogP contribution in [0.25, 0.3) is 0 Å². The molecule has 1 aromatic carbocycles. The van der Waals surface area contributed by atoms with Gasteiger partial charge in [-0.15, -0.1) is 0 Å². The van der Waals surface area contributed by atoms with Crippen molar-refractivity contribution in [3.05, 3.63) is 62.8 Å². The van der Waals surface area contributed by atoms with E-state index in [9.17, 15) is 9.59 Å². The average Bonchev–Trinajstić information content (AvgIpc) is 2.44. The first-order valence-corrected chi connectivity index (χ1v) is 6.77. The predicted octanol–water partition coefficient (Wildman–Crippen LogP) is 1.44. The summed E-state index contributed by atoms with van der Waals surface area (Å²) in [7, 11) is 0. The molecule has 0 fully saturated rings. The van der Waals surface area contributed by atoms with Crippen LogP contribution in [0.3, 0.4) is 0 Å². The minimum atomic E-state index is -0.357. The molecular formula is C15H19N3O2. The van der Waals surface area contributed by atoms with E-state index in [1.165, 1.54) is 15.2 Å². The molecule has 0 bridgehead atoms. The Morgan fingerprint density at radius 1 is 1.10 bits per heavy atom. The maximum atomic E-state index is 12.4. The lowest BCUT2D eigenvalue weighted by molar-refractivity contribution is 0.559. The lowest BCUT2D eigenvalue weighted by Crippen LogP contribution is -2.40. The third-order valence-corrected chi connectivity index (χ3v) is 3.23. The van der Waals surface area contributed by atoms with E-state index in [-0.39, 0.29) is 23.6 Å². The Bertz CT molecular complexity index is 687. The zero-order chi connectivity index (χ0) is 14.5. The van der Waals surface area contributed by atoms with Crippen LogP contribution in [-0.2, 0) is 13.1 Å². The van der Waals surface area contributed by atoms with Gasteiger partial charge in [0.05, 0.1) is 6.54 Å². The molecule has 0 aliphatic rings. The van der Waals surface area contributed by atoms with Crippen molar-refractivity contribution in [2.75, 3.05) is 5.73 Å². The molecule has 2 N–H and O–H groups in total. The van der Waals surface area contributed by atoms with Gasteiger partial charge in [-0.1, -0.05) is 43.7 Å². The third kappa shape index (κ3) is 2.99. The lowest BCUT2D eigenvalue weighted by Gasteiger charge is -2.12. The number of aromatic nitrogens is 2. The zero-order valence-corrected chi connectivity index (χ0v) is 11.6. The standard InChI is InChI=1S/C15H19N3O2/c1-2-3-9-17-13(16)10-14(19)18(15(17)20)11-12-7-5-4-6-8-12/h4-8,10H,2-3,9,11,16H2,1H3. The maximum Gasteiger partial charge on any atom is 0.332 e. The van der Waals surface area contributed by atoms with Gasteiger partial charge < -0.3 is 5.73 Å². The van der Waals surface area contributed by atoms with Crippen LogP contribution in [0.2, 0.25) is 0 Å². The minimum Gasteiger partial charge on any atom is -0.385 e. The third-order valence-electron chi connectivity index (χ3n) is 3.23. The Hall–Kier alpha value is -2.30. The molecule has 1 aromatic heterocycles. The van der Waals surface area contributed by atoms with Gasteiger partial charge in [-0.3, -0.25) is 13.9 Å². The quantitative estimate of drug-likeness (QED) is 0.896. The summed E-state index contributed by atoms with van der Waals surface area (Å²) in [5, 5.41) is 0. The number of rotatable bonds is 5. The van der Waals surface area contributed by atoms with Crippen molar-refractivity contribution in [1.82, 2.24) is 9.13 Å². The van der Waals surface area contributed by atoms with E-state index < -0.39 is 0 Å². The van der Waals surface area contributed by atoms with Crippen LogP contribution in [0.1, 0.15) is 25.3 Å². The Balaban J connectivity index is 2.43. The number of hydrogen-bond donors (Lipinski definition) is 1. The van der Waals surface area contributed by atoms with Crippen LogP contribution in [0.4, 0.5) is 5.82 Å². The predicted molar refractivity (Wildman–Crippen MR) is 79.8 cm³/mol. The first-order chi connectivity index (χ1) is 9.63. The second-order valence-corrected chi connectivity index (χ2v) is 4.77.